The number of aromatic amines is 1. The minimum absolute atomic E-state index is 0.0646. The van der Waals surface area contributed by atoms with Gasteiger partial charge in [-0.15, -0.1) is 0 Å². The molecule has 0 unspecified atom stereocenters. The first kappa shape index (κ1) is 10.6. The molecule has 0 aliphatic rings. The Labute approximate surface area is 95.2 Å². The number of H-pyrrole nitrogens is 1. The molecule has 6 heteroatoms. The Morgan fingerprint density at radius 3 is 2.81 bits per heavy atom. The topological polar surface area (TPSA) is 71.8 Å². The van der Waals surface area contributed by atoms with Gasteiger partial charge >= 0.3 is 0 Å². The summed E-state index contributed by atoms with van der Waals surface area (Å²) in [5.41, 5.74) is 5.73. The lowest BCUT2D eigenvalue weighted by molar-refractivity contribution is 0.103. The molecule has 1 aromatic heterocycles. The standard InChI is InChI=1S/C10H7ClFN3O/c11-8-2-1-5(12)3-6(8)9(16)7-4-14-15-10(7)13/h1-4H,(H3,13,14,15). The predicted molar refractivity (Wildman–Crippen MR) is 57.8 cm³/mol. The Morgan fingerprint density at radius 2 is 2.19 bits per heavy atom. The monoisotopic (exact) mass is 239 g/mol. The number of benzene rings is 1. The summed E-state index contributed by atoms with van der Waals surface area (Å²) in [5, 5.41) is 6.21. The Kier molecular flexibility index (Phi) is 2.62. The first-order valence-electron chi connectivity index (χ1n) is 4.38. The van der Waals surface area contributed by atoms with E-state index < -0.39 is 11.6 Å². The highest BCUT2D eigenvalue weighted by Crippen LogP contribution is 2.22. The van der Waals surface area contributed by atoms with Crippen molar-refractivity contribution in [3.63, 3.8) is 0 Å². The van der Waals surface area contributed by atoms with Crippen molar-refractivity contribution in [2.45, 2.75) is 0 Å². The van der Waals surface area contributed by atoms with Gasteiger partial charge in [-0.05, 0) is 18.2 Å². The quantitative estimate of drug-likeness (QED) is 0.788. The second-order valence-electron chi connectivity index (χ2n) is 3.15. The van der Waals surface area contributed by atoms with E-state index >= 15 is 0 Å². The fraction of sp³-hybridized carbons (Fsp3) is 0. The molecule has 0 radical (unpaired) electrons. The van der Waals surface area contributed by atoms with Gasteiger partial charge in [0, 0.05) is 5.56 Å². The van der Waals surface area contributed by atoms with Crippen LogP contribution in [0.1, 0.15) is 15.9 Å². The fourth-order valence-electron chi connectivity index (χ4n) is 1.29. The first-order chi connectivity index (χ1) is 7.59. The summed E-state index contributed by atoms with van der Waals surface area (Å²) in [5.74, 6) is -0.865. The van der Waals surface area contributed by atoms with Crippen molar-refractivity contribution in [2.24, 2.45) is 0 Å². The smallest absolute Gasteiger partial charge is 0.199 e. The van der Waals surface area contributed by atoms with Gasteiger partial charge in [0.25, 0.3) is 0 Å². The second-order valence-corrected chi connectivity index (χ2v) is 3.56. The molecule has 4 nitrogen and oxygen atoms in total. The van der Waals surface area contributed by atoms with E-state index in [4.69, 9.17) is 17.3 Å². The third-order valence-corrected chi connectivity index (χ3v) is 2.42. The fourth-order valence-corrected chi connectivity index (χ4v) is 1.50. The van der Waals surface area contributed by atoms with Crippen molar-refractivity contribution in [3.8, 4) is 0 Å². The van der Waals surface area contributed by atoms with Crippen LogP contribution in [0.5, 0.6) is 0 Å². The molecule has 0 saturated heterocycles. The number of nitrogens with one attached hydrogen (secondary N) is 1. The predicted octanol–water partition coefficient (Wildman–Crippen LogP) is 2.02. The summed E-state index contributed by atoms with van der Waals surface area (Å²) >= 11 is 5.80. The molecule has 0 amide bonds. The maximum absolute atomic E-state index is 13.0. The van der Waals surface area contributed by atoms with E-state index in [-0.39, 0.29) is 22.0 Å². The number of nitrogens with two attached hydrogens (primary N) is 1. The van der Waals surface area contributed by atoms with Crippen LogP contribution in [0, 0.1) is 5.82 Å². The average Bonchev–Trinajstić information content (AvgIpc) is 2.67. The van der Waals surface area contributed by atoms with Gasteiger partial charge in [-0.1, -0.05) is 11.6 Å². The molecule has 0 saturated carbocycles. The van der Waals surface area contributed by atoms with E-state index in [1.807, 2.05) is 0 Å². The van der Waals surface area contributed by atoms with Crippen molar-refractivity contribution < 1.29 is 9.18 Å². The van der Waals surface area contributed by atoms with E-state index in [9.17, 15) is 9.18 Å². The Hall–Kier alpha value is -1.88. The van der Waals surface area contributed by atoms with E-state index in [1.54, 1.807) is 0 Å². The van der Waals surface area contributed by atoms with Crippen LogP contribution in [0.2, 0.25) is 5.02 Å². The number of ketones is 1. The van der Waals surface area contributed by atoms with Gasteiger partial charge in [-0.25, -0.2) is 4.39 Å². The molecule has 0 spiro atoms. The zero-order valence-corrected chi connectivity index (χ0v) is 8.75. The zero-order chi connectivity index (χ0) is 11.7. The SMILES string of the molecule is Nc1[nH]ncc1C(=O)c1cc(F)ccc1Cl. The first-order valence-corrected chi connectivity index (χ1v) is 4.76. The Morgan fingerprint density at radius 1 is 1.44 bits per heavy atom. The van der Waals surface area contributed by atoms with Crippen LogP contribution in [-0.4, -0.2) is 16.0 Å². The van der Waals surface area contributed by atoms with Crippen molar-refractivity contribution >= 4 is 23.2 Å². The second kappa shape index (κ2) is 3.94. The third kappa shape index (κ3) is 1.77. The van der Waals surface area contributed by atoms with Gasteiger partial charge in [0.1, 0.15) is 11.6 Å². The lowest BCUT2D eigenvalue weighted by Crippen LogP contribution is -2.04. The molecule has 1 heterocycles. The van der Waals surface area contributed by atoms with Crippen molar-refractivity contribution in [1.29, 1.82) is 0 Å². The van der Waals surface area contributed by atoms with Gasteiger partial charge in [0.05, 0.1) is 16.8 Å². The van der Waals surface area contributed by atoms with E-state index in [1.165, 1.54) is 18.3 Å². The number of hydrogen-bond donors (Lipinski definition) is 2. The van der Waals surface area contributed by atoms with Gasteiger partial charge in [0.15, 0.2) is 5.78 Å². The summed E-state index contributed by atoms with van der Waals surface area (Å²) in [4.78, 5) is 11.9. The molecule has 16 heavy (non-hydrogen) atoms. The minimum atomic E-state index is -0.533. The molecule has 0 aliphatic carbocycles. The molecule has 3 N–H and O–H groups in total. The van der Waals surface area contributed by atoms with Gasteiger partial charge in [-0.2, -0.15) is 5.10 Å². The molecule has 0 fully saturated rings. The summed E-state index contributed by atoms with van der Waals surface area (Å²) in [6.07, 6.45) is 1.28. The number of nitrogen functional groups attached to an aromatic ring is 1. The lowest BCUT2D eigenvalue weighted by atomic mass is 10.1. The third-order valence-electron chi connectivity index (χ3n) is 2.09. The lowest BCUT2D eigenvalue weighted by Gasteiger charge is -2.02. The molecule has 0 atom stereocenters. The van der Waals surface area contributed by atoms with Crippen LogP contribution < -0.4 is 5.73 Å². The Bertz CT molecular complexity index is 553. The summed E-state index contributed by atoms with van der Waals surface area (Å²) in [7, 11) is 0. The summed E-state index contributed by atoms with van der Waals surface area (Å²) in [6.45, 7) is 0. The molecule has 2 aromatic rings. The Balaban J connectivity index is 2.49. The summed E-state index contributed by atoms with van der Waals surface area (Å²) < 4.78 is 13.0. The largest absolute Gasteiger partial charge is 0.383 e. The molecule has 1 aromatic carbocycles. The van der Waals surface area contributed by atoms with E-state index in [2.05, 4.69) is 10.2 Å². The maximum atomic E-state index is 13.0. The molecule has 2 rings (SSSR count). The van der Waals surface area contributed by atoms with E-state index in [0.29, 0.717) is 0 Å². The molecule has 0 bridgehead atoms. The summed E-state index contributed by atoms with van der Waals surface area (Å²) in [6, 6.07) is 3.56. The van der Waals surface area contributed by atoms with Crippen LogP contribution in [-0.2, 0) is 0 Å². The molecule has 0 aliphatic heterocycles. The van der Waals surface area contributed by atoms with Crippen LogP contribution in [0.15, 0.2) is 24.4 Å². The van der Waals surface area contributed by atoms with Gasteiger partial charge in [0.2, 0.25) is 0 Å². The van der Waals surface area contributed by atoms with Crippen molar-refractivity contribution in [3.05, 3.63) is 46.4 Å². The zero-order valence-electron chi connectivity index (χ0n) is 8.00. The maximum Gasteiger partial charge on any atom is 0.199 e. The molecule has 82 valence electrons. The van der Waals surface area contributed by atoms with Gasteiger partial charge < -0.3 is 5.73 Å². The number of rotatable bonds is 2. The highest BCUT2D eigenvalue weighted by molar-refractivity contribution is 6.35. The number of carbonyl (C=O) groups is 1. The van der Waals surface area contributed by atoms with Gasteiger partial charge in [-0.3, -0.25) is 9.89 Å². The number of hydrogen-bond acceptors (Lipinski definition) is 3. The van der Waals surface area contributed by atoms with Crippen molar-refractivity contribution in [1.82, 2.24) is 10.2 Å². The number of carbonyl (C=O) groups excluding carboxylic acids is 1. The van der Waals surface area contributed by atoms with Crippen LogP contribution >= 0.6 is 11.6 Å². The number of halogens is 2. The number of anilines is 1. The number of aromatic nitrogens is 2. The molecular weight excluding hydrogens is 233 g/mol. The van der Waals surface area contributed by atoms with Crippen LogP contribution in [0.3, 0.4) is 0 Å². The average molecular weight is 240 g/mol. The minimum Gasteiger partial charge on any atom is -0.383 e. The van der Waals surface area contributed by atoms with Crippen LogP contribution in [0.4, 0.5) is 10.2 Å². The normalized spacial score (nSPS) is 10.4. The molecular formula is C10H7ClFN3O. The highest BCUT2D eigenvalue weighted by Gasteiger charge is 2.17. The van der Waals surface area contributed by atoms with Crippen molar-refractivity contribution in [2.75, 3.05) is 5.73 Å². The highest BCUT2D eigenvalue weighted by atomic mass is 35.5. The van der Waals surface area contributed by atoms with E-state index in [0.717, 1.165) is 6.07 Å². The van der Waals surface area contributed by atoms with Crippen LogP contribution in [0.25, 0.3) is 0 Å². The number of nitrogens with zero attached hydrogens (tertiary/aromatic N) is 1.